The highest BCUT2D eigenvalue weighted by molar-refractivity contribution is 7.99. The second-order valence-electron chi connectivity index (χ2n) is 7.37. The topological polar surface area (TPSA) is 50.3 Å². The van der Waals surface area contributed by atoms with E-state index in [4.69, 9.17) is 4.42 Å². The van der Waals surface area contributed by atoms with E-state index in [-0.39, 0.29) is 0 Å². The fraction of sp³-hybridized carbons (Fsp3) is 0.684. The lowest BCUT2D eigenvalue weighted by molar-refractivity contribution is 0.159. The summed E-state index contributed by atoms with van der Waals surface area (Å²) in [7, 11) is 1.94. The van der Waals surface area contributed by atoms with Gasteiger partial charge in [0.05, 0.1) is 6.54 Å². The van der Waals surface area contributed by atoms with Gasteiger partial charge in [-0.2, -0.15) is 0 Å². The molecule has 3 rings (SSSR count). The summed E-state index contributed by atoms with van der Waals surface area (Å²) < 4.78 is 7.93. The van der Waals surface area contributed by atoms with Crippen LogP contribution in [0.15, 0.2) is 33.1 Å². The molecule has 0 radical (unpaired) electrons. The zero-order valence-corrected chi connectivity index (χ0v) is 17.0. The van der Waals surface area contributed by atoms with E-state index < -0.39 is 0 Å². The van der Waals surface area contributed by atoms with Crippen LogP contribution in [-0.4, -0.2) is 56.8 Å². The maximum Gasteiger partial charge on any atom is 0.198 e. The molecule has 0 N–H and O–H groups in total. The summed E-state index contributed by atoms with van der Waals surface area (Å²) in [5.74, 6) is 1.01. The smallest absolute Gasteiger partial charge is 0.198 e. The summed E-state index contributed by atoms with van der Waals surface area (Å²) in [6, 6.07) is 4.61. The van der Waals surface area contributed by atoms with Gasteiger partial charge in [-0.3, -0.25) is 4.90 Å². The molecular formula is C19H31N5OS. The number of rotatable bonds is 8. The van der Waals surface area contributed by atoms with Crippen LogP contribution in [0.4, 0.5) is 0 Å². The first kappa shape index (κ1) is 19.5. The fourth-order valence-corrected chi connectivity index (χ4v) is 4.05. The monoisotopic (exact) mass is 377 g/mol. The highest BCUT2D eigenvalue weighted by atomic mass is 32.2. The summed E-state index contributed by atoms with van der Waals surface area (Å²) in [6.45, 7) is 10.1. The molecule has 0 saturated carbocycles. The minimum absolute atomic E-state index is 0.502. The Kier molecular flexibility index (Phi) is 7.16. The van der Waals surface area contributed by atoms with Crippen LogP contribution in [-0.2, 0) is 13.6 Å². The summed E-state index contributed by atoms with van der Waals surface area (Å²) in [5, 5.41) is 9.72. The number of hydrogen-bond acceptors (Lipinski definition) is 6. The van der Waals surface area contributed by atoms with Gasteiger partial charge in [-0.25, -0.2) is 0 Å². The Labute approximate surface area is 160 Å². The van der Waals surface area contributed by atoms with Gasteiger partial charge in [0.1, 0.15) is 12.1 Å². The van der Waals surface area contributed by atoms with Crippen LogP contribution in [0.3, 0.4) is 0 Å². The molecule has 2 aromatic heterocycles. The van der Waals surface area contributed by atoms with Gasteiger partial charge in [0.2, 0.25) is 0 Å². The zero-order valence-electron chi connectivity index (χ0n) is 16.2. The molecule has 1 aliphatic heterocycles. The van der Waals surface area contributed by atoms with E-state index in [2.05, 4.69) is 39.9 Å². The van der Waals surface area contributed by atoms with Crippen molar-refractivity contribution in [2.24, 2.45) is 7.05 Å². The molecule has 0 aliphatic carbocycles. The van der Waals surface area contributed by atoms with Gasteiger partial charge in [-0.05, 0) is 63.7 Å². The van der Waals surface area contributed by atoms with Crippen molar-refractivity contribution in [3.05, 3.63) is 24.2 Å². The average molecular weight is 378 g/mol. The quantitative estimate of drug-likeness (QED) is 0.700. The van der Waals surface area contributed by atoms with Crippen LogP contribution in [0.1, 0.15) is 45.3 Å². The third-order valence-corrected chi connectivity index (χ3v) is 5.96. The number of nitrogens with zero attached hydrogens (tertiary/aromatic N) is 5. The van der Waals surface area contributed by atoms with Gasteiger partial charge in [-0.1, -0.05) is 12.8 Å². The van der Waals surface area contributed by atoms with Gasteiger partial charge < -0.3 is 13.9 Å². The lowest BCUT2D eigenvalue weighted by atomic mass is 10.2. The summed E-state index contributed by atoms with van der Waals surface area (Å²) in [6.07, 6.45) is 7.19. The number of aromatic nitrogens is 3. The normalized spacial score (nSPS) is 16.5. The van der Waals surface area contributed by atoms with E-state index in [1.807, 2.05) is 17.7 Å². The fourth-order valence-electron chi connectivity index (χ4n) is 3.30. The van der Waals surface area contributed by atoms with Crippen molar-refractivity contribution < 1.29 is 4.42 Å². The van der Waals surface area contributed by atoms with Crippen molar-refractivity contribution in [1.29, 1.82) is 0 Å². The molecule has 3 heterocycles. The van der Waals surface area contributed by atoms with E-state index in [0.29, 0.717) is 6.04 Å². The maximum atomic E-state index is 6.03. The number of aryl methyl sites for hydroxylation is 1. The molecular weight excluding hydrogens is 346 g/mol. The largest absolute Gasteiger partial charge is 0.453 e. The SMILES string of the molecule is CC(C)N(CCN1CCCCCC1)Cc1ccc(Sc2nncn2C)o1. The predicted octanol–water partition coefficient (Wildman–Crippen LogP) is 3.65. The van der Waals surface area contributed by atoms with E-state index in [9.17, 15) is 0 Å². The van der Waals surface area contributed by atoms with E-state index >= 15 is 0 Å². The summed E-state index contributed by atoms with van der Waals surface area (Å²) in [5.41, 5.74) is 0. The molecule has 144 valence electrons. The third kappa shape index (κ3) is 5.59. The van der Waals surface area contributed by atoms with Gasteiger partial charge in [0.25, 0.3) is 0 Å². The second kappa shape index (κ2) is 9.58. The molecule has 6 nitrogen and oxygen atoms in total. The van der Waals surface area contributed by atoms with Crippen LogP contribution >= 0.6 is 11.8 Å². The first-order valence-electron chi connectivity index (χ1n) is 9.69. The Morgan fingerprint density at radius 3 is 2.62 bits per heavy atom. The van der Waals surface area contributed by atoms with E-state index in [0.717, 1.165) is 35.6 Å². The lowest BCUT2D eigenvalue weighted by Crippen LogP contribution is -2.38. The van der Waals surface area contributed by atoms with E-state index in [1.54, 1.807) is 6.33 Å². The Morgan fingerprint density at radius 1 is 1.19 bits per heavy atom. The number of likely N-dealkylation sites (tertiary alicyclic amines) is 1. The highest BCUT2D eigenvalue weighted by Crippen LogP contribution is 2.27. The summed E-state index contributed by atoms with van der Waals surface area (Å²) in [4.78, 5) is 5.13. The molecule has 7 heteroatoms. The minimum atomic E-state index is 0.502. The third-order valence-electron chi connectivity index (χ3n) is 4.99. The van der Waals surface area contributed by atoms with Gasteiger partial charge in [-0.15, -0.1) is 10.2 Å². The van der Waals surface area contributed by atoms with Crippen molar-refractivity contribution in [3.63, 3.8) is 0 Å². The van der Waals surface area contributed by atoms with Crippen LogP contribution in [0.5, 0.6) is 0 Å². The van der Waals surface area contributed by atoms with Gasteiger partial charge in [0.15, 0.2) is 10.2 Å². The van der Waals surface area contributed by atoms with Crippen molar-refractivity contribution in [2.45, 2.75) is 62.4 Å². The molecule has 0 aromatic carbocycles. The number of hydrogen-bond donors (Lipinski definition) is 0. The molecule has 0 spiro atoms. The molecule has 1 saturated heterocycles. The van der Waals surface area contributed by atoms with E-state index in [1.165, 1.54) is 50.5 Å². The minimum Gasteiger partial charge on any atom is -0.453 e. The number of furan rings is 1. The molecule has 0 bridgehead atoms. The van der Waals surface area contributed by atoms with Gasteiger partial charge >= 0.3 is 0 Å². The Morgan fingerprint density at radius 2 is 1.96 bits per heavy atom. The van der Waals surface area contributed by atoms with Crippen LogP contribution in [0.25, 0.3) is 0 Å². The maximum absolute atomic E-state index is 6.03. The van der Waals surface area contributed by atoms with Crippen LogP contribution in [0.2, 0.25) is 0 Å². The second-order valence-corrected chi connectivity index (χ2v) is 8.34. The average Bonchev–Trinajstić information content (AvgIpc) is 3.13. The van der Waals surface area contributed by atoms with Crippen molar-refractivity contribution in [2.75, 3.05) is 26.2 Å². The Bertz CT molecular complexity index is 660. The molecule has 1 fully saturated rings. The first-order valence-corrected chi connectivity index (χ1v) is 10.5. The molecule has 26 heavy (non-hydrogen) atoms. The lowest BCUT2D eigenvalue weighted by Gasteiger charge is -2.29. The van der Waals surface area contributed by atoms with Crippen molar-refractivity contribution in [1.82, 2.24) is 24.6 Å². The Hall–Kier alpha value is -1.31. The molecule has 2 aromatic rings. The standard InChI is InChI=1S/C19H31N5OS/c1-16(2)24(13-12-23-10-6-4-5-7-11-23)14-17-8-9-18(25-17)26-19-21-20-15-22(19)3/h8-9,15-16H,4-7,10-14H2,1-3H3. The van der Waals surface area contributed by atoms with Crippen LogP contribution in [0, 0.1) is 0 Å². The molecule has 1 aliphatic rings. The first-order chi connectivity index (χ1) is 12.6. The van der Waals surface area contributed by atoms with Gasteiger partial charge in [0, 0.05) is 26.2 Å². The molecule has 0 atom stereocenters. The summed E-state index contributed by atoms with van der Waals surface area (Å²) >= 11 is 1.51. The zero-order chi connectivity index (χ0) is 18.4. The highest BCUT2D eigenvalue weighted by Gasteiger charge is 2.16. The predicted molar refractivity (Wildman–Crippen MR) is 104 cm³/mol. The molecule has 0 unspecified atom stereocenters. The molecule has 0 amide bonds. The van der Waals surface area contributed by atoms with Crippen molar-refractivity contribution in [3.8, 4) is 0 Å². The van der Waals surface area contributed by atoms with Crippen LogP contribution < -0.4 is 0 Å². The van der Waals surface area contributed by atoms with Crippen molar-refractivity contribution >= 4 is 11.8 Å². The Balaban J connectivity index is 1.53.